The van der Waals surface area contributed by atoms with Gasteiger partial charge in [-0.05, 0) is 24.3 Å². The first kappa shape index (κ1) is 18.1. The predicted octanol–water partition coefficient (Wildman–Crippen LogP) is 4.01. The molecule has 4 aromatic rings. The number of piperazine rings is 1. The number of rotatable bonds is 4. The lowest BCUT2D eigenvalue weighted by Gasteiger charge is -2.33. The zero-order valence-electron chi connectivity index (χ0n) is 16.1. The summed E-state index contributed by atoms with van der Waals surface area (Å²) in [5.41, 5.74) is 1.68. The third-order valence-corrected chi connectivity index (χ3v) is 6.32. The van der Waals surface area contributed by atoms with Crippen LogP contribution in [0.3, 0.4) is 0 Å². The molecule has 0 unspecified atom stereocenters. The van der Waals surface area contributed by atoms with E-state index in [2.05, 4.69) is 11.0 Å². The molecule has 148 valence electrons. The Morgan fingerprint density at radius 1 is 1.14 bits per heavy atom. The lowest BCUT2D eigenvalue weighted by atomic mass is 10.2. The van der Waals surface area contributed by atoms with Crippen molar-refractivity contribution in [2.75, 3.05) is 33.3 Å². The highest BCUT2D eigenvalue weighted by molar-refractivity contribution is 7.18. The molecular weight excluding hydrogens is 386 g/mol. The van der Waals surface area contributed by atoms with Crippen LogP contribution in [0.1, 0.15) is 15.6 Å². The van der Waals surface area contributed by atoms with E-state index in [9.17, 15) is 4.79 Å². The minimum Gasteiger partial charge on any atom is -0.493 e. The van der Waals surface area contributed by atoms with Gasteiger partial charge in [0.15, 0.2) is 17.1 Å². The summed E-state index contributed by atoms with van der Waals surface area (Å²) in [4.78, 5) is 21.8. The quantitative estimate of drug-likeness (QED) is 0.512. The number of fused-ring (bicyclic) bond motifs is 2. The molecule has 2 aromatic carbocycles. The van der Waals surface area contributed by atoms with Gasteiger partial charge in [-0.25, -0.2) is 4.98 Å². The lowest BCUT2D eigenvalue weighted by Crippen LogP contribution is -2.48. The Balaban J connectivity index is 1.25. The van der Waals surface area contributed by atoms with Crippen molar-refractivity contribution in [1.29, 1.82) is 0 Å². The predicted molar refractivity (Wildman–Crippen MR) is 114 cm³/mol. The number of nitrogens with zero attached hydrogens (tertiary/aromatic N) is 3. The first-order valence-corrected chi connectivity index (χ1v) is 10.5. The van der Waals surface area contributed by atoms with Crippen LogP contribution in [0.15, 0.2) is 52.9 Å². The van der Waals surface area contributed by atoms with E-state index in [1.807, 2.05) is 41.3 Å². The first-order valence-electron chi connectivity index (χ1n) is 9.64. The van der Waals surface area contributed by atoms with E-state index in [4.69, 9.17) is 14.1 Å². The van der Waals surface area contributed by atoms with Crippen molar-refractivity contribution in [1.82, 2.24) is 14.8 Å². The Morgan fingerprint density at radius 2 is 1.97 bits per heavy atom. The molecule has 0 spiro atoms. The van der Waals surface area contributed by atoms with Gasteiger partial charge >= 0.3 is 0 Å². The molecule has 0 saturated carbocycles. The number of ether oxygens (including phenoxy) is 1. The van der Waals surface area contributed by atoms with Gasteiger partial charge in [0.05, 0.1) is 23.9 Å². The van der Waals surface area contributed by atoms with Crippen molar-refractivity contribution >= 4 is 38.4 Å². The molecule has 1 aliphatic rings. The van der Waals surface area contributed by atoms with Crippen LogP contribution in [0.4, 0.5) is 0 Å². The fourth-order valence-electron chi connectivity index (χ4n) is 3.75. The van der Waals surface area contributed by atoms with Gasteiger partial charge < -0.3 is 14.1 Å². The number of carbonyl (C=O) groups is 1. The molecule has 0 bridgehead atoms. The zero-order chi connectivity index (χ0) is 19.8. The number of amides is 1. The third-order valence-electron chi connectivity index (χ3n) is 5.30. The summed E-state index contributed by atoms with van der Waals surface area (Å²) in [6, 6.07) is 15.7. The standard InChI is InChI=1S/C22H21N3O3S/c1-27-17-7-4-5-15-13-18(28-21(15)17)22(26)25-11-9-24(10-12-25)14-20-23-16-6-2-3-8-19(16)29-20/h2-8,13H,9-12,14H2,1H3. The molecule has 1 amide bonds. The van der Waals surface area contributed by atoms with Crippen molar-refractivity contribution in [3.05, 3.63) is 59.3 Å². The number of para-hydroxylation sites is 2. The topological polar surface area (TPSA) is 58.8 Å². The van der Waals surface area contributed by atoms with Gasteiger partial charge in [0.2, 0.25) is 0 Å². The average molecular weight is 407 g/mol. The molecule has 3 heterocycles. The highest BCUT2D eigenvalue weighted by Gasteiger charge is 2.25. The van der Waals surface area contributed by atoms with Crippen molar-refractivity contribution in [2.24, 2.45) is 0 Å². The maximum Gasteiger partial charge on any atom is 0.289 e. The van der Waals surface area contributed by atoms with Crippen LogP contribution < -0.4 is 4.74 Å². The molecular formula is C22H21N3O3S. The third kappa shape index (κ3) is 3.47. The second-order valence-corrected chi connectivity index (χ2v) is 8.25. The molecule has 0 radical (unpaired) electrons. The summed E-state index contributed by atoms with van der Waals surface area (Å²) in [5, 5.41) is 2.00. The Kier molecular flexibility index (Phi) is 4.69. The molecule has 7 heteroatoms. The second-order valence-electron chi connectivity index (χ2n) is 7.13. The summed E-state index contributed by atoms with van der Waals surface area (Å²) in [7, 11) is 1.60. The van der Waals surface area contributed by atoms with Crippen LogP contribution in [0.2, 0.25) is 0 Å². The van der Waals surface area contributed by atoms with Crippen LogP contribution in [0.5, 0.6) is 5.75 Å². The number of aromatic nitrogens is 1. The minimum absolute atomic E-state index is 0.0668. The second kappa shape index (κ2) is 7.50. The molecule has 1 saturated heterocycles. The fraction of sp³-hybridized carbons (Fsp3) is 0.273. The van der Waals surface area contributed by atoms with Crippen LogP contribution in [0.25, 0.3) is 21.2 Å². The molecule has 6 nitrogen and oxygen atoms in total. The van der Waals surface area contributed by atoms with Crippen molar-refractivity contribution in [2.45, 2.75) is 6.54 Å². The zero-order valence-corrected chi connectivity index (χ0v) is 16.9. The molecule has 2 aromatic heterocycles. The Labute approximate surface area is 172 Å². The Bertz CT molecular complexity index is 1140. The van der Waals surface area contributed by atoms with E-state index in [-0.39, 0.29) is 5.91 Å². The fourth-order valence-corrected chi connectivity index (χ4v) is 4.76. The molecule has 0 atom stereocenters. The maximum atomic E-state index is 12.9. The number of methoxy groups -OCH3 is 1. The van der Waals surface area contributed by atoms with Crippen LogP contribution in [-0.2, 0) is 6.54 Å². The van der Waals surface area contributed by atoms with Crippen molar-refractivity contribution < 1.29 is 13.9 Å². The van der Waals surface area contributed by atoms with E-state index in [0.29, 0.717) is 30.2 Å². The SMILES string of the molecule is COc1cccc2cc(C(=O)N3CCN(Cc4nc5ccccc5s4)CC3)oc12. The summed E-state index contributed by atoms with van der Waals surface area (Å²) >= 11 is 1.74. The molecule has 29 heavy (non-hydrogen) atoms. The summed E-state index contributed by atoms with van der Waals surface area (Å²) in [6.45, 7) is 3.83. The van der Waals surface area contributed by atoms with E-state index in [1.165, 1.54) is 4.70 Å². The van der Waals surface area contributed by atoms with Gasteiger partial charge in [-0.3, -0.25) is 9.69 Å². The number of hydrogen-bond acceptors (Lipinski definition) is 6. The van der Waals surface area contributed by atoms with Crippen LogP contribution in [-0.4, -0.2) is 54.0 Å². The van der Waals surface area contributed by atoms with E-state index >= 15 is 0 Å². The minimum atomic E-state index is -0.0668. The van der Waals surface area contributed by atoms with E-state index in [1.54, 1.807) is 24.5 Å². The lowest BCUT2D eigenvalue weighted by molar-refractivity contribution is 0.0600. The average Bonchev–Trinajstić information content (AvgIpc) is 3.37. The Hall–Kier alpha value is -2.90. The molecule has 1 fully saturated rings. The summed E-state index contributed by atoms with van der Waals surface area (Å²) < 4.78 is 12.4. The van der Waals surface area contributed by atoms with Gasteiger partial charge in [0.1, 0.15) is 5.01 Å². The molecule has 0 N–H and O–H groups in total. The van der Waals surface area contributed by atoms with Gasteiger partial charge in [-0.2, -0.15) is 0 Å². The largest absolute Gasteiger partial charge is 0.493 e. The monoisotopic (exact) mass is 407 g/mol. The number of benzene rings is 2. The van der Waals surface area contributed by atoms with Crippen molar-refractivity contribution in [3.63, 3.8) is 0 Å². The van der Waals surface area contributed by atoms with Gasteiger partial charge in [-0.15, -0.1) is 11.3 Å². The van der Waals surface area contributed by atoms with Gasteiger partial charge in [-0.1, -0.05) is 24.3 Å². The number of furan rings is 1. The van der Waals surface area contributed by atoms with E-state index in [0.717, 1.165) is 35.5 Å². The highest BCUT2D eigenvalue weighted by atomic mass is 32.1. The molecule has 0 aliphatic carbocycles. The summed E-state index contributed by atoms with van der Waals surface area (Å²) in [6.07, 6.45) is 0. The molecule has 1 aliphatic heterocycles. The van der Waals surface area contributed by atoms with Gasteiger partial charge in [0.25, 0.3) is 5.91 Å². The van der Waals surface area contributed by atoms with E-state index < -0.39 is 0 Å². The number of carbonyl (C=O) groups excluding carboxylic acids is 1. The van der Waals surface area contributed by atoms with Gasteiger partial charge in [0, 0.05) is 31.6 Å². The van der Waals surface area contributed by atoms with Crippen LogP contribution >= 0.6 is 11.3 Å². The maximum absolute atomic E-state index is 12.9. The first-order chi connectivity index (χ1) is 14.2. The van der Waals surface area contributed by atoms with Crippen LogP contribution in [0, 0.1) is 0 Å². The number of thiazole rings is 1. The smallest absolute Gasteiger partial charge is 0.289 e. The normalized spacial score (nSPS) is 15.3. The molecule has 5 rings (SSSR count). The van der Waals surface area contributed by atoms with Crippen molar-refractivity contribution in [3.8, 4) is 5.75 Å². The number of hydrogen-bond donors (Lipinski definition) is 0. The highest BCUT2D eigenvalue weighted by Crippen LogP contribution is 2.29. The Morgan fingerprint density at radius 3 is 2.76 bits per heavy atom. The summed E-state index contributed by atoms with van der Waals surface area (Å²) in [5.74, 6) is 0.939.